The smallest absolute Gasteiger partial charge is 0.0347 e. The minimum Gasteiger partial charge on any atom is -0.324 e. The van der Waals surface area contributed by atoms with Crippen LogP contribution >= 0.6 is 15.9 Å². The summed E-state index contributed by atoms with van der Waals surface area (Å²) in [5.41, 5.74) is 8.80. The number of halogens is 1. The van der Waals surface area contributed by atoms with Crippen LogP contribution in [-0.4, -0.2) is 0 Å². The SMILES string of the molecule is Cc1c(Br)cccc1C(N)C(C)(C)C. The van der Waals surface area contributed by atoms with Crippen molar-refractivity contribution >= 4 is 15.9 Å². The highest BCUT2D eigenvalue weighted by molar-refractivity contribution is 9.10. The van der Waals surface area contributed by atoms with E-state index in [0.29, 0.717) is 0 Å². The molecule has 0 saturated carbocycles. The monoisotopic (exact) mass is 255 g/mol. The van der Waals surface area contributed by atoms with Gasteiger partial charge in [0, 0.05) is 10.5 Å². The first-order valence-electron chi connectivity index (χ1n) is 4.84. The molecule has 0 amide bonds. The van der Waals surface area contributed by atoms with Crippen LogP contribution in [0.2, 0.25) is 0 Å². The Bertz CT molecular complexity index is 326. The number of rotatable bonds is 1. The minimum atomic E-state index is 0.0833. The van der Waals surface area contributed by atoms with E-state index in [0.717, 1.165) is 4.47 Å². The van der Waals surface area contributed by atoms with Crippen LogP contribution in [0, 0.1) is 12.3 Å². The minimum absolute atomic E-state index is 0.0833. The highest BCUT2D eigenvalue weighted by Crippen LogP contribution is 2.34. The zero-order chi connectivity index (χ0) is 10.9. The van der Waals surface area contributed by atoms with E-state index >= 15 is 0 Å². The number of hydrogen-bond acceptors (Lipinski definition) is 1. The van der Waals surface area contributed by atoms with Crippen molar-refractivity contribution in [2.45, 2.75) is 33.7 Å². The van der Waals surface area contributed by atoms with Crippen LogP contribution in [0.5, 0.6) is 0 Å². The van der Waals surface area contributed by atoms with Gasteiger partial charge in [0.05, 0.1) is 0 Å². The maximum atomic E-state index is 6.22. The molecular weight excluding hydrogens is 238 g/mol. The molecule has 0 aliphatic heterocycles. The summed E-state index contributed by atoms with van der Waals surface area (Å²) in [5, 5.41) is 0. The molecule has 0 bridgehead atoms. The lowest BCUT2D eigenvalue weighted by Gasteiger charge is -2.28. The second-order valence-corrected chi connectivity index (χ2v) is 5.65. The fourth-order valence-electron chi connectivity index (χ4n) is 1.43. The molecule has 14 heavy (non-hydrogen) atoms. The van der Waals surface area contributed by atoms with Gasteiger partial charge in [-0.3, -0.25) is 0 Å². The lowest BCUT2D eigenvalue weighted by atomic mass is 9.81. The summed E-state index contributed by atoms with van der Waals surface area (Å²) in [4.78, 5) is 0. The lowest BCUT2D eigenvalue weighted by Crippen LogP contribution is -2.26. The van der Waals surface area contributed by atoms with E-state index < -0.39 is 0 Å². The highest BCUT2D eigenvalue weighted by atomic mass is 79.9. The maximum Gasteiger partial charge on any atom is 0.0347 e. The summed E-state index contributed by atoms with van der Waals surface area (Å²) < 4.78 is 1.13. The molecule has 1 nitrogen and oxygen atoms in total. The van der Waals surface area contributed by atoms with E-state index in [-0.39, 0.29) is 11.5 Å². The van der Waals surface area contributed by atoms with Crippen molar-refractivity contribution < 1.29 is 0 Å². The lowest BCUT2D eigenvalue weighted by molar-refractivity contribution is 0.326. The largest absolute Gasteiger partial charge is 0.324 e. The Hall–Kier alpha value is -0.340. The third kappa shape index (κ3) is 2.37. The molecule has 0 radical (unpaired) electrons. The molecule has 1 unspecified atom stereocenters. The Balaban J connectivity index is 3.14. The first-order chi connectivity index (χ1) is 6.34. The summed E-state index contributed by atoms with van der Waals surface area (Å²) in [5.74, 6) is 0. The van der Waals surface area contributed by atoms with E-state index in [4.69, 9.17) is 5.73 Å². The predicted octanol–water partition coefficient (Wildman–Crippen LogP) is 3.80. The van der Waals surface area contributed by atoms with Gasteiger partial charge in [-0.1, -0.05) is 48.8 Å². The molecule has 0 heterocycles. The van der Waals surface area contributed by atoms with Crippen molar-refractivity contribution in [2.24, 2.45) is 11.1 Å². The standard InChI is InChI=1S/C12H18BrN/c1-8-9(6-5-7-10(8)13)11(14)12(2,3)4/h5-7,11H,14H2,1-4H3. The Morgan fingerprint density at radius 1 is 1.29 bits per heavy atom. The molecule has 0 aromatic heterocycles. The molecule has 0 saturated heterocycles. The van der Waals surface area contributed by atoms with Gasteiger partial charge in [0.1, 0.15) is 0 Å². The third-order valence-corrected chi connectivity index (χ3v) is 3.44. The Morgan fingerprint density at radius 3 is 2.36 bits per heavy atom. The van der Waals surface area contributed by atoms with Gasteiger partial charge >= 0.3 is 0 Å². The third-order valence-electron chi connectivity index (χ3n) is 2.58. The van der Waals surface area contributed by atoms with Crippen molar-refractivity contribution in [1.29, 1.82) is 0 Å². The predicted molar refractivity (Wildman–Crippen MR) is 65.3 cm³/mol. The summed E-state index contributed by atoms with van der Waals surface area (Å²) in [7, 11) is 0. The number of nitrogens with two attached hydrogens (primary N) is 1. The number of hydrogen-bond donors (Lipinski definition) is 1. The molecule has 0 aliphatic rings. The fourth-order valence-corrected chi connectivity index (χ4v) is 1.81. The summed E-state index contributed by atoms with van der Waals surface area (Å²) in [6, 6.07) is 6.28. The Kier molecular flexibility index (Phi) is 3.38. The van der Waals surface area contributed by atoms with Crippen molar-refractivity contribution in [3.63, 3.8) is 0 Å². The van der Waals surface area contributed by atoms with Crippen molar-refractivity contribution in [3.8, 4) is 0 Å². The van der Waals surface area contributed by atoms with Gasteiger partial charge in [0.2, 0.25) is 0 Å². The number of benzene rings is 1. The molecular formula is C12H18BrN. The van der Waals surface area contributed by atoms with Crippen LogP contribution in [0.1, 0.15) is 37.9 Å². The van der Waals surface area contributed by atoms with E-state index in [1.807, 2.05) is 12.1 Å². The molecule has 0 fully saturated rings. The van der Waals surface area contributed by atoms with Crippen LogP contribution in [-0.2, 0) is 0 Å². The first kappa shape index (κ1) is 11.7. The van der Waals surface area contributed by atoms with Crippen LogP contribution < -0.4 is 5.73 Å². The molecule has 2 N–H and O–H groups in total. The second kappa shape index (κ2) is 4.03. The highest BCUT2D eigenvalue weighted by Gasteiger charge is 2.23. The normalized spacial score (nSPS) is 14.1. The van der Waals surface area contributed by atoms with E-state index in [9.17, 15) is 0 Å². The summed E-state index contributed by atoms with van der Waals surface area (Å²) >= 11 is 3.53. The zero-order valence-electron chi connectivity index (χ0n) is 9.26. The molecule has 78 valence electrons. The second-order valence-electron chi connectivity index (χ2n) is 4.80. The van der Waals surface area contributed by atoms with Gasteiger partial charge in [-0.2, -0.15) is 0 Å². The van der Waals surface area contributed by atoms with Gasteiger partial charge in [-0.05, 0) is 29.5 Å². The van der Waals surface area contributed by atoms with Gasteiger partial charge in [-0.15, -0.1) is 0 Å². The summed E-state index contributed by atoms with van der Waals surface area (Å²) in [6.45, 7) is 8.60. The van der Waals surface area contributed by atoms with Gasteiger partial charge in [0.15, 0.2) is 0 Å². The molecule has 1 atom stereocenters. The Labute approximate surface area is 94.8 Å². The molecule has 1 aromatic rings. The molecule has 0 aliphatic carbocycles. The Morgan fingerprint density at radius 2 is 1.86 bits per heavy atom. The van der Waals surface area contributed by atoms with E-state index in [2.05, 4.69) is 49.7 Å². The average molecular weight is 256 g/mol. The molecule has 1 rings (SSSR count). The molecule has 2 heteroatoms. The molecule has 1 aromatic carbocycles. The van der Waals surface area contributed by atoms with Crippen LogP contribution in [0.4, 0.5) is 0 Å². The van der Waals surface area contributed by atoms with Crippen LogP contribution in [0.3, 0.4) is 0 Å². The van der Waals surface area contributed by atoms with Crippen LogP contribution in [0.25, 0.3) is 0 Å². The fraction of sp³-hybridized carbons (Fsp3) is 0.500. The molecule has 0 spiro atoms. The van der Waals surface area contributed by atoms with Crippen molar-refractivity contribution in [1.82, 2.24) is 0 Å². The van der Waals surface area contributed by atoms with E-state index in [1.165, 1.54) is 11.1 Å². The van der Waals surface area contributed by atoms with Gasteiger partial charge < -0.3 is 5.73 Å². The summed E-state index contributed by atoms with van der Waals surface area (Å²) in [6.07, 6.45) is 0. The van der Waals surface area contributed by atoms with Crippen molar-refractivity contribution in [2.75, 3.05) is 0 Å². The maximum absolute atomic E-state index is 6.22. The quantitative estimate of drug-likeness (QED) is 0.812. The first-order valence-corrected chi connectivity index (χ1v) is 5.64. The average Bonchev–Trinajstić information content (AvgIpc) is 2.07. The van der Waals surface area contributed by atoms with Gasteiger partial charge in [-0.25, -0.2) is 0 Å². The van der Waals surface area contributed by atoms with Gasteiger partial charge in [0.25, 0.3) is 0 Å². The van der Waals surface area contributed by atoms with Crippen LogP contribution in [0.15, 0.2) is 22.7 Å². The van der Waals surface area contributed by atoms with Crippen molar-refractivity contribution in [3.05, 3.63) is 33.8 Å². The zero-order valence-corrected chi connectivity index (χ0v) is 10.9. The topological polar surface area (TPSA) is 26.0 Å². The van der Waals surface area contributed by atoms with E-state index in [1.54, 1.807) is 0 Å².